The summed E-state index contributed by atoms with van der Waals surface area (Å²) in [5.41, 5.74) is -0.0603. The largest absolute Gasteiger partial charge is 0.198 e. The Kier molecular flexibility index (Phi) is 4.94. The zero-order valence-corrected chi connectivity index (χ0v) is 7.98. The van der Waals surface area contributed by atoms with E-state index >= 15 is 0 Å². The molecule has 0 radical (unpaired) electrons. The van der Waals surface area contributed by atoms with Crippen LogP contribution in [0.25, 0.3) is 0 Å². The van der Waals surface area contributed by atoms with Crippen molar-refractivity contribution >= 4 is 0 Å². The van der Waals surface area contributed by atoms with E-state index < -0.39 is 0 Å². The summed E-state index contributed by atoms with van der Waals surface area (Å²) in [4.78, 5) is 0. The highest BCUT2D eigenvalue weighted by Crippen LogP contribution is 2.26. The minimum absolute atomic E-state index is 0.0603. The lowest BCUT2D eigenvalue weighted by Gasteiger charge is -2.18. The van der Waals surface area contributed by atoms with Gasteiger partial charge in [0.05, 0.1) is 11.5 Å². The summed E-state index contributed by atoms with van der Waals surface area (Å²) < 4.78 is 0. The average Bonchev–Trinajstić information content (AvgIpc) is 2.05. The Morgan fingerprint density at radius 3 is 2.27 bits per heavy atom. The van der Waals surface area contributed by atoms with Crippen molar-refractivity contribution in [1.29, 1.82) is 5.26 Å². The van der Waals surface area contributed by atoms with Gasteiger partial charge in [0.1, 0.15) is 0 Å². The van der Waals surface area contributed by atoms with Gasteiger partial charge < -0.3 is 0 Å². The Bertz CT molecular complexity index is 134. The van der Waals surface area contributed by atoms with Crippen LogP contribution in [-0.4, -0.2) is 0 Å². The van der Waals surface area contributed by atoms with Gasteiger partial charge in [-0.05, 0) is 19.8 Å². The maximum absolute atomic E-state index is 8.83. The van der Waals surface area contributed by atoms with Gasteiger partial charge in [-0.3, -0.25) is 0 Å². The predicted molar refractivity (Wildman–Crippen MR) is 48.2 cm³/mol. The van der Waals surface area contributed by atoms with Crippen molar-refractivity contribution in [1.82, 2.24) is 0 Å². The molecule has 11 heavy (non-hydrogen) atoms. The second-order valence-electron chi connectivity index (χ2n) is 3.48. The van der Waals surface area contributed by atoms with Gasteiger partial charge in [-0.15, -0.1) is 0 Å². The van der Waals surface area contributed by atoms with E-state index in [1.807, 2.05) is 0 Å². The van der Waals surface area contributed by atoms with Gasteiger partial charge in [0.25, 0.3) is 0 Å². The maximum Gasteiger partial charge on any atom is 0.0686 e. The molecule has 0 aromatic heterocycles. The molecule has 0 aliphatic rings. The molecule has 0 aliphatic heterocycles. The van der Waals surface area contributed by atoms with E-state index in [-0.39, 0.29) is 5.41 Å². The van der Waals surface area contributed by atoms with Crippen molar-refractivity contribution in [2.24, 2.45) is 5.41 Å². The number of nitrogens with zero attached hydrogens (tertiary/aromatic N) is 1. The molecule has 0 heterocycles. The van der Waals surface area contributed by atoms with Crippen molar-refractivity contribution in [3.63, 3.8) is 0 Å². The molecule has 0 saturated heterocycles. The van der Waals surface area contributed by atoms with E-state index in [4.69, 9.17) is 5.26 Å². The molecule has 0 saturated carbocycles. The third-order valence-electron chi connectivity index (χ3n) is 2.38. The Morgan fingerprint density at radius 2 is 1.91 bits per heavy atom. The van der Waals surface area contributed by atoms with Crippen molar-refractivity contribution in [2.45, 2.75) is 52.9 Å². The van der Waals surface area contributed by atoms with Gasteiger partial charge in [0.15, 0.2) is 0 Å². The standard InChI is InChI=1S/C10H19N/c1-4-6-7-8-10(3,5-2)9-11/h4-8H2,1-3H3. The van der Waals surface area contributed by atoms with Crippen molar-refractivity contribution < 1.29 is 0 Å². The van der Waals surface area contributed by atoms with Crippen molar-refractivity contribution in [3.05, 3.63) is 0 Å². The van der Waals surface area contributed by atoms with Crippen molar-refractivity contribution in [3.8, 4) is 6.07 Å². The van der Waals surface area contributed by atoms with E-state index in [2.05, 4.69) is 26.8 Å². The van der Waals surface area contributed by atoms with Crippen LogP contribution in [0.2, 0.25) is 0 Å². The fourth-order valence-corrected chi connectivity index (χ4v) is 1.08. The zero-order chi connectivity index (χ0) is 8.74. The molecular weight excluding hydrogens is 134 g/mol. The van der Waals surface area contributed by atoms with Crippen LogP contribution in [0.4, 0.5) is 0 Å². The second-order valence-corrected chi connectivity index (χ2v) is 3.48. The number of unbranched alkanes of at least 4 members (excludes halogenated alkanes) is 2. The Balaban J connectivity index is 3.63. The first kappa shape index (κ1) is 10.5. The SMILES string of the molecule is CCCCCC(C)(C#N)CC. The van der Waals surface area contributed by atoms with Crippen LogP contribution >= 0.6 is 0 Å². The molecule has 0 bridgehead atoms. The first-order valence-corrected chi connectivity index (χ1v) is 4.59. The van der Waals surface area contributed by atoms with Crippen LogP contribution in [0.1, 0.15) is 52.9 Å². The quantitative estimate of drug-likeness (QED) is 0.554. The van der Waals surface area contributed by atoms with Crippen LogP contribution < -0.4 is 0 Å². The lowest BCUT2D eigenvalue weighted by molar-refractivity contribution is 0.372. The van der Waals surface area contributed by atoms with Crippen LogP contribution in [0, 0.1) is 16.7 Å². The summed E-state index contributed by atoms with van der Waals surface area (Å²) in [5, 5.41) is 8.83. The van der Waals surface area contributed by atoms with Gasteiger partial charge in [-0.25, -0.2) is 0 Å². The molecule has 0 aliphatic carbocycles. The summed E-state index contributed by atoms with van der Waals surface area (Å²) in [6.07, 6.45) is 5.75. The van der Waals surface area contributed by atoms with Gasteiger partial charge in [0.2, 0.25) is 0 Å². The fraction of sp³-hybridized carbons (Fsp3) is 0.900. The molecule has 0 aromatic carbocycles. The van der Waals surface area contributed by atoms with Crippen molar-refractivity contribution in [2.75, 3.05) is 0 Å². The zero-order valence-electron chi connectivity index (χ0n) is 7.98. The highest BCUT2D eigenvalue weighted by atomic mass is 14.3. The monoisotopic (exact) mass is 153 g/mol. The molecule has 1 nitrogen and oxygen atoms in total. The summed E-state index contributed by atoms with van der Waals surface area (Å²) in [6.45, 7) is 6.34. The molecular formula is C10H19N. The van der Waals surface area contributed by atoms with Gasteiger partial charge in [-0.1, -0.05) is 33.1 Å². The minimum atomic E-state index is -0.0603. The van der Waals surface area contributed by atoms with E-state index in [0.29, 0.717) is 0 Å². The molecule has 0 fully saturated rings. The third kappa shape index (κ3) is 4.03. The Hall–Kier alpha value is -0.510. The van der Waals surface area contributed by atoms with E-state index in [9.17, 15) is 0 Å². The first-order valence-electron chi connectivity index (χ1n) is 4.59. The Labute approximate surface area is 70.4 Å². The molecule has 1 heteroatoms. The van der Waals surface area contributed by atoms with Gasteiger partial charge in [0, 0.05) is 0 Å². The fourth-order valence-electron chi connectivity index (χ4n) is 1.08. The van der Waals surface area contributed by atoms with Crippen LogP contribution in [0.15, 0.2) is 0 Å². The minimum Gasteiger partial charge on any atom is -0.198 e. The molecule has 0 amide bonds. The highest BCUT2D eigenvalue weighted by molar-refractivity contribution is 4.93. The summed E-state index contributed by atoms with van der Waals surface area (Å²) in [5.74, 6) is 0. The topological polar surface area (TPSA) is 23.8 Å². The van der Waals surface area contributed by atoms with E-state index in [1.54, 1.807) is 0 Å². The van der Waals surface area contributed by atoms with E-state index in [1.165, 1.54) is 19.3 Å². The summed E-state index contributed by atoms with van der Waals surface area (Å²) >= 11 is 0. The lowest BCUT2D eigenvalue weighted by Crippen LogP contribution is -2.11. The molecule has 0 N–H and O–H groups in total. The number of hydrogen-bond donors (Lipinski definition) is 0. The molecule has 0 aromatic rings. The van der Waals surface area contributed by atoms with E-state index in [0.717, 1.165) is 12.8 Å². The molecule has 1 unspecified atom stereocenters. The normalized spacial score (nSPS) is 15.5. The molecule has 0 spiro atoms. The first-order chi connectivity index (χ1) is 5.18. The van der Waals surface area contributed by atoms with Crippen LogP contribution in [-0.2, 0) is 0 Å². The smallest absolute Gasteiger partial charge is 0.0686 e. The predicted octanol–water partition coefficient (Wildman–Crippen LogP) is 3.51. The summed E-state index contributed by atoms with van der Waals surface area (Å²) in [7, 11) is 0. The average molecular weight is 153 g/mol. The maximum atomic E-state index is 8.83. The number of rotatable bonds is 5. The third-order valence-corrected chi connectivity index (χ3v) is 2.38. The lowest BCUT2D eigenvalue weighted by atomic mass is 9.84. The van der Waals surface area contributed by atoms with Gasteiger partial charge >= 0.3 is 0 Å². The summed E-state index contributed by atoms with van der Waals surface area (Å²) in [6, 6.07) is 2.39. The molecule has 1 atom stereocenters. The Morgan fingerprint density at radius 1 is 1.27 bits per heavy atom. The number of nitriles is 1. The number of hydrogen-bond acceptors (Lipinski definition) is 1. The molecule has 0 rings (SSSR count). The highest BCUT2D eigenvalue weighted by Gasteiger charge is 2.19. The van der Waals surface area contributed by atoms with Crippen LogP contribution in [0.5, 0.6) is 0 Å². The van der Waals surface area contributed by atoms with Crippen LogP contribution in [0.3, 0.4) is 0 Å². The second kappa shape index (κ2) is 5.18. The van der Waals surface area contributed by atoms with Gasteiger partial charge in [-0.2, -0.15) is 5.26 Å². The molecule has 64 valence electrons.